The van der Waals surface area contributed by atoms with E-state index < -0.39 is 7.82 Å². The van der Waals surface area contributed by atoms with Crippen LogP contribution in [0.15, 0.2) is 0 Å². The third kappa shape index (κ3) is 8.44. The molecule has 0 spiro atoms. The van der Waals surface area contributed by atoms with Crippen LogP contribution >= 0.6 is 7.82 Å². The van der Waals surface area contributed by atoms with Crippen LogP contribution in [-0.4, -0.2) is 18.1 Å². The maximum Gasteiger partial charge on any atom is 0.472 e. The van der Waals surface area contributed by atoms with Crippen LogP contribution in [0.5, 0.6) is 0 Å². The molecule has 0 aromatic rings. The molecular weight excluding hydrogens is 191 g/mol. The zero-order chi connectivity index (χ0) is 10.2. The van der Waals surface area contributed by atoms with E-state index in [0.29, 0.717) is 0 Å². The van der Waals surface area contributed by atoms with E-state index in [1.165, 1.54) is 0 Å². The summed E-state index contributed by atoms with van der Waals surface area (Å²) >= 11 is 0. The predicted octanol–water partition coefficient (Wildman–Crippen LogP) is 2.97. The number of unbranched alkanes of at least 4 members (excludes halogenated alkanes) is 2. The van der Waals surface area contributed by atoms with Gasteiger partial charge in [0.05, 0.1) is 13.2 Å². The van der Waals surface area contributed by atoms with Gasteiger partial charge in [-0.15, -0.1) is 0 Å². The summed E-state index contributed by atoms with van der Waals surface area (Å²) in [5.74, 6) is 0. The molecule has 5 heteroatoms. The Morgan fingerprint density at radius 3 is 1.85 bits per heavy atom. The predicted molar refractivity (Wildman–Crippen MR) is 53.7 cm³/mol. The van der Waals surface area contributed by atoms with Gasteiger partial charge in [0.1, 0.15) is 0 Å². The molecule has 0 radical (unpaired) electrons. The molecule has 0 unspecified atom stereocenters. The lowest BCUT2D eigenvalue weighted by molar-refractivity contribution is 0.146. The van der Waals surface area contributed by atoms with Crippen LogP contribution in [0.25, 0.3) is 0 Å². The van der Waals surface area contributed by atoms with Gasteiger partial charge in [0.15, 0.2) is 0 Å². The normalized spacial score (nSPS) is 11.9. The van der Waals surface area contributed by atoms with Crippen molar-refractivity contribution in [2.45, 2.75) is 39.5 Å². The molecule has 0 bridgehead atoms. The van der Waals surface area contributed by atoms with E-state index in [1.54, 1.807) is 0 Å². The third-order valence-corrected chi connectivity index (χ3v) is 2.52. The van der Waals surface area contributed by atoms with E-state index in [4.69, 9.17) is 13.9 Å². The smallest absolute Gasteiger partial charge is 0.302 e. The highest BCUT2D eigenvalue weighted by molar-refractivity contribution is 7.47. The molecule has 0 atom stereocenters. The van der Waals surface area contributed by atoms with Gasteiger partial charge in [0, 0.05) is 1.43 Å². The van der Waals surface area contributed by atoms with E-state index >= 15 is 0 Å². The highest BCUT2D eigenvalue weighted by atomic mass is 31.2. The maximum atomic E-state index is 11.1. The summed E-state index contributed by atoms with van der Waals surface area (Å²) in [6.45, 7) is 4.56. The number of hydrogen-bond donors (Lipinski definition) is 1. The molecule has 0 aliphatic carbocycles. The summed E-state index contributed by atoms with van der Waals surface area (Å²) in [6, 6.07) is 0. The first kappa shape index (κ1) is 13.1. The first-order valence-electron chi connectivity index (χ1n) is 4.74. The van der Waals surface area contributed by atoms with E-state index in [0.717, 1.165) is 25.7 Å². The first-order chi connectivity index (χ1) is 6.12. The molecule has 13 heavy (non-hydrogen) atoms. The zero-order valence-corrected chi connectivity index (χ0v) is 9.26. The fourth-order valence-electron chi connectivity index (χ4n) is 0.686. The highest BCUT2D eigenvalue weighted by Gasteiger charge is 2.19. The zero-order valence-electron chi connectivity index (χ0n) is 8.36. The van der Waals surface area contributed by atoms with Gasteiger partial charge in [-0.05, 0) is 12.8 Å². The summed E-state index contributed by atoms with van der Waals surface area (Å²) < 4.78 is 20.5. The van der Waals surface area contributed by atoms with Gasteiger partial charge in [-0.1, -0.05) is 26.7 Å². The molecule has 0 saturated heterocycles. The summed E-state index contributed by atoms with van der Waals surface area (Å²) in [5, 5.41) is 0. The fourth-order valence-corrected chi connectivity index (χ4v) is 1.48. The molecule has 0 aliphatic rings. The van der Waals surface area contributed by atoms with Crippen molar-refractivity contribution in [1.29, 1.82) is 0 Å². The van der Waals surface area contributed by atoms with Crippen molar-refractivity contribution in [2.24, 2.45) is 0 Å². The summed E-state index contributed by atoms with van der Waals surface area (Å²) in [6.07, 6.45) is 3.44. The van der Waals surface area contributed by atoms with Crippen molar-refractivity contribution in [3.63, 3.8) is 0 Å². The first-order valence-corrected chi connectivity index (χ1v) is 6.23. The van der Waals surface area contributed by atoms with E-state index in [-0.39, 0.29) is 14.6 Å². The highest BCUT2D eigenvalue weighted by Crippen LogP contribution is 2.43. The SMILES string of the molecule is CCCCOP(=O)(O)OCCCC.[HH]. The van der Waals surface area contributed by atoms with Gasteiger partial charge in [-0.3, -0.25) is 9.05 Å². The second-order valence-electron chi connectivity index (χ2n) is 2.84. The van der Waals surface area contributed by atoms with Crippen LogP contribution in [0.3, 0.4) is 0 Å². The topological polar surface area (TPSA) is 55.8 Å². The lowest BCUT2D eigenvalue weighted by Gasteiger charge is -2.10. The average molecular weight is 212 g/mol. The third-order valence-electron chi connectivity index (χ3n) is 1.50. The number of hydrogen-bond acceptors (Lipinski definition) is 3. The Balaban J connectivity index is 0. The second kappa shape index (κ2) is 7.51. The minimum atomic E-state index is -3.75. The molecule has 1 N–H and O–H groups in total. The largest absolute Gasteiger partial charge is 0.472 e. The molecule has 0 aromatic heterocycles. The Morgan fingerprint density at radius 1 is 1.15 bits per heavy atom. The van der Waals surface area contributed by atoms with Gasteiger partial charge >= 0.3 is 7.82 Å². The summed E-state index contributed by atoms with van der Waals surface area (Å²) in [5.41, 5.74) is 0. The molecule has 82 valence electrons. The minimum Gasteiger partial charge on any atom is -0.302 e. The Morgan fingerprint density at radius 2 is 1.54 bits per heavy atom. The van der Waals surface area contributed by atoms with E-state index in [1.807, 2.05) is 13.8 Å². The van der Waals surface area contributed by atoms with Gasteiger partial charge in [-0.25, -0.2) is 4.57 Å². The van der Waals surface area contributed by atoms with Crippen LogP contribution in [-0.2, 0) is 13.6 Å². The Bertz CT molecular complexity index is 151. The lowest BCUT2D eigenvalue weighted by Crippen LogP contribution is -1.98. The van der Waals surface area contributed by atoms with Gasteiger partial charge < -0.3 is 4.89 Å². The molecule has 0 aliphatic heterocycles. The van der Waals surface area contributed by atoms with E-state index in [9.17, 15) is 4.57 Å². The van der Waals surface area contributed by atoms with Crippen LogP contribution in [0.2, 0.25) is 0 Å². The summed E-state index contributed by atoms with van der Waals surface area (Å²) in [7, 11) is -3.75. The average Bonchev–Trinajstić information content (AvgIpc) is 2.05. The van der Waals surface area contributed by atoms with Crippen molar-refractivity contribution in [3.05, 3.63) is 0 Å². The van der Waals surface area contributed by atoms with Crippen molar-refractivity contribution in [1.82, 2.24) is 0 Å². The van der Waals surface area contributed by atoms with Gasteiger partial charge in [-0.2, -0.15) is 0 Å². The molecule has 0 saturated carbocycles. The standard InChI is InChI=1S/C8H19O4P.H2/c1-3-5-7-11-13(9,10)12-8-6-4-2;/h3-8H2,1-2H3,(H,9,10);1H. The quantitative estimate of drug-likeness (QED) is 0.496. The van der Waals surface area contributed by atoms with Gasteiger partial charge in [0.2, 0.25) is 0 Å². The number of rotatable bonds is 8. The van der Waals surface area contributed by atoms with Crippen molar-refractivity contribution in [2.75, 3.05) is 13.2 Å². The minimum absolute atomic E-state index is 0. The molecule has 0 heterocycles. The molecule has 0 fully saturated rings. The second-order valence-corrected chi connectivity index (χ2v) is 4.30. The molecule has 0 aromatic carbocycles. The van der Waals surface area contributed by atoms with Crippen molar-refractivity contribution in [3.8, 4) is 0 Å². The van der Waals surface area contributed by atoms with Crippen LogP contribution in [0.4, 0.5) is 0 Å². The number of phosphoric ester groups is 1. The summed E-state index contributed by atoms with van der Waals surface area (Å²) in [4.78, 5) is 9.08. The number of phosphoric acid groups is 1. The van der Waals surface area contributed by atoms with E-state index in [2.05, 4.69) is 0 Å². The molecular formula is C8H21O4P. The Kier molecular flexibility index (Phi) is 7.57. The Hall–Kier alpha value is 0.110. The van der Waals surface area contributed by atoms with Crippen molar-refractivity contribution < 1.29 is 19.9 Å². The fraction of sp³-hybridized carbons (Fsp3) is 1.00. The lowest BCUT2D eigenvalue weighted by atomic mass is 10.4. The monoisotopic (exact) mass is 212 g/mol. The van der Waals surface area contributed by atoms with Crippen LogP contribution in [0, 0.1) is 0 Å². The van der Waals surface area contributed by atoms with Crippen LogP contribution < -0.4 is 0 Å². The maximum absolute atomic E-state index is 11.1. The van der Waals surface area contributed by atoms with Crippen molar-refractivity contribution >= 4 is 7.82 Å². The Labute approximate surface area is 81.3 Å². The van der Waals surface area contributed by atoms with Crippen LogP contribution in [0.1, 0.15) is 41.0 Å². The molecule has 0 amide bonds. The molecule has 0 rings (SSSR count). The van der Waals surface area contributed by atoms with Gasteiger partial charge in [0.25, 0.3) is 0 Å². The molecule has 4 nitrogen and oxygen atoms in total.